The van der Waals surface area contributed by atoms with Gasteiger partial charge in [0.1, 0.15) is 18.5 Å². The lowest BCUT2D eigenvalue weighted by Gasteiger charge is -2.32. The molecule has 0 amide bonds. The van der Waals surface area contributed by atoms with Crippen molar-refractivity contribution in [3.8, 4) is 28.3 Å². The Morgan fingerprint density at radius 3 is 2.64 bits per heavy atom. The minimum atomic E-state index is -0.0779. The highest BCUT2D eigenvalue weighted by atomic mass is 16.5. The Hall–Kier alpha value is -4.07. The van der Waals surface area contributed by atoms with Crippen LogP contribution in [0.25, 0.3) is 27.8 Å². The SMILES string of the molecule is Cn1cc(-c2cc(-c3ccc(N4CCC(C(=O)COCCO)CC4)nc3)c3c(C#N)cnn3c2)cn1. The van der Waals surface area contributed by atoms with Crippen LogP contribution in [0, 0.1) is 17.2 Å². The number of aromatic nitrogens is 5. The molecule has 36 heavy (non-hydrogen) atoms. The molecule has 1 N–H and O–H groups in total. The van der Waals surface area contributed by atoms with Crippen LogP contribution in [0.15, 0.2) is 49.2 Å². The normalized spacial score (nSPS) is 14.3. The lowest BCUT2D eigenvalue weighted by Crippen LogP contribution is -2.37. The minimum Gasteiger partial charge on any atom is -0.394 e. The number of rotatable bonds is 8. The monoisotopic (exact) mass is 485 g/mol. The van der Waals surface area contributed by atoms with Crippen LogP contribution < -0.4 is 4.90 Å². The highest BCUT2D eigenvalue weighted by molar-refractivity contribution is 5.87. The van der Waals surface area contributed by atoms with E-state index >= 15 is 0 Å². The molecule has 0 radical (unpaired) electrons. The second-order valence-electron chi connectivity index (χ2n) is 8.92. The zero-order valence-corrected chi connectivity index (χ0v) is 20.0. The van der Waals surface area contributed by atoms with Crippen LogP contribution in [0.3, 0.4) is 0 Å². The lowest BCUT2D eigenvalue weighted by molar-refractivity contribution is -0.128. The van der Waals surface area contributed by atoms with E-state index < -0.39 is 0 Å². The molecule has 5 rings (SSSR count). The summed E-state index contributed by atoms with van der Waals surface area (Å²) in [5.74, 6) is 0.932. The van der Waals surface area contributed by atoms with Crippen molar-refractivity contribution in [2.75, 3.05) is 37.8 Å². The molecule has 4 aromatic heterocycles. The number of nitrogens with zero attached hydrogens (tertiary/aromatic N) is 7. The maximum atomic E-state index is 12.3. The maximum absolute atomic E-state index is 12.3. The largest absolute Gasteiger partial charge is 0.394 e. The first-order valence-corrected chi connectivity index (χ1v) is 11.9. The number of fused-ring (bicyclic) bond motifs is 1. The smallest absolute Gasteiger partial charge is 0.161 e. The van der Waals surface area contributed by atoms with E-state index in [1.807, 2.05) is 43.8 Å². The fourth-order valence-electron chi connectivity index (χ4n) is 4.67. The summed E-state index contributed by atoms with van der Waals surface area (Å²) in [6, 6.07) is 8.28. The molecule has 1 aliphatic rings. The number of aliphatic hydroxyl groups excluding tert-OH is 1. The van der Waals surface area contributed by atoms with Gasteiger partial charge in [-0.25, -0.2) is 9.50 Å². The van der Waals surface area contributed by atoms with E-state index in [1.54, 1.807) is 21.6 Å². The van der Waals surface area contributed by atoms with Crippen molar-refractivity contribution < 1.29 is 14.6 Å². The number of aryl methyl sites for hydroxylation is 1. The number of piperidine rings is 1. The second kappa shape index (κ2) is 10.3. The number of ketones is 1. The van der Waals surface area contributed by atoms with Crippen molar-refractivity contribution in [1.29, 1.82) is 5.26 Å². The predicted molar refractivity (Wildman–Crippen MR) is 133 cm³/mol. The number of aliphatic hydroxyl groups is 1. The van der Waals surface area contributed by atoms with Crippen molar-refractivity contribution in [1.82, 2.24) is 24.4 Å². The average molecular weight is 486 g/mol. The van der Waals surface area contributed by atoms with E-state index in [0.717, 1.165) is 59.5 Å². The molecule has 1 fully saturated rings. The fraction of sp³-hybridized carbons (Fsp3) is 0.346. The van der Waals surface area contributed by atoms with E-state index in [1.165, 1.54) is 0 Å². The third-order valence-electron chi connectivity index (χ3n) is 6.58. The quantitative estimate of drug-likeness (QED) is 0.378. The van der Waals surface area contributed by atoms with Crippen LogP contribution in [0.2, 0.25) is 0 Å². The number of hydrogen-bond acceptors (Lipinski definition) is 8. The van der Waals surface area contributed by atoms with Crippen LogP contribution in [0.4, 0.5) is 5.82 Å². The number of hydrogen-bond donors (Lipinski definition) is 1. The van der Waals surface area contributed by atoms with Gasteiger partial charge < -0.3 is 14.7 Å². The van der Waals surface area contributed by atoms with Gasteiger partial charge in [-0.2, -0.15) is 15.5 Å². The number of pyridine rings is 2. The first-order chi connectivity index (χ1) is 17.6. The van der Waals surface area contributed by atoms with Crippen LogP contribution in [0.1, 0.15) is 18.4 Å². The molecular formula is C26H27N7O3. The molecule has 5 heterocycles. The molecule has 0 aliphatic carbocycles. The Kier molecular flexibility index (Phi) is 6.75. The zero-order valence-electron chi connectivity index (χ0n) is 20.0. The Labute approximate surface area is 208 Å². The van der Waals surface area contributed by atoms with Crippen molar-refractivity contribution in [3.63, 3.8) is 0 Å². The molecule has 1 saturated heterocycles. The highest BCUT2D eigenvalue weighted by Gasteiger charge is 2.25. The van der Waals surface area contributed by atoms with Gasteiger partial charge in [0.2, 0.25) is 0 Å². The van der Waals surface area contributed by atoms with Crippen LogP contribution >= 0.6 is 0 Å². The summed E-state index contributed by atoms with van der Waals surface area (Å²) in [6.45, 7) is 1.65. The van der Waals surface area contributed by atoms with Crippen LogP contribution in [0.5, 0.6) is 0 Å². The molecule has 0 atom stereocenters. The zero-order chi connectivity index (χ0) is 25.1. The molecule has 0 aromatic carbocycles. The molecule has 0 bridgehead atoms. The van der Waals surface area contributed by atoms with Crippen LogP contribution in [-0.2, 0) is 16.6 Å². The molecule has 0 unspecified atom stereocenters. The Morgan fingerprint density at radius 2 is 1.97 bits per heavy atom. The van der Waals surface area contributed by atoms with Crippen molar-refractivity contribution in [2.24, 2.45) is 13.0 Å². The van der Waals surface area contributed by atoms with Gasteiger partial charge in [-0.15, -0.1) is 0 Å². The van der Waals surface area contributed by atoms with Crippen molar-refractivity contribution in [2.45, 2.75) is 12.8 Å². The van der Waals surface area contributed by atoms with Crippen molar-refractivity contribution >= 4 is 17.1 Å². The van der Waals surface area contributed by atoms with E-state index in [0.29, 0.717) is 5.56 Å². The van der Waals surface area contributed by atoms with E-state index in [4.69, 9.17) is 14.8 Å². The third-order valence-corrected chi connectivity index (χ3v) is 6.58. The lowest BCUT2D eigenvalue weighted by atomic mass is 9.93. The minimum absolute atomic E-state index is 0.0195. The number of carbonyl (C=O) groups is 1. The Balaban J connectivity index is 1.37. The van der Waals surface area contributed by atoms with Gasteiger partial charge in [-0.1, -0.05) is 0 Å². The molecule has 10 heteroatoms. The van der Waals surface area contributed by atoms with Gasteiger partial charge in [0.15, 0.2) is 5.78 Å². The second-order valence-corrected chi connectivity index (χ2v) is 8.92. The van der Waals surface area contributed by atoms with E-state index in [9.17, 15) is 10.1 Å². The van der Waals surface area contributed by atoms with Gasteiger partial charge >= 0.3 is 0 Å². The average Bonchev–Trinajstić information content (AvgIpc) is 3.54. The topological polar surface area (TPSA) is 122 Å². The van der Waals surface area contributed by atoms with Gasteiger partial charge in [0.25, 0.3) is 0 Å². The van der Waals surface area contributed by atoms with Gasteiger partial charge in [0.05, 0.1) is 36.7 Å². The van der Waals surface area contributed by atoms with Gasteiger partial charge in [0, 0.05) is 66.9 Å². The summed E-state index contributed by atoms with van der Waals surface area (Å²) in [5.41, 5.74) is 4.90. The molecule has 1 aliphatic heterocycles. The fourth-order valence-corrected chi connectivity index (χ4v) is 4.67. The molecule has 184 valence electrons. The number of carbonyl (C=O) groups excluding carboxylic acids is 1. The summed E-state index contributed by atoms with van der Waals surface area (Å²) in [6.07, 6.45) is 10.5. The maximum Gasteiger partial charge on any atom is 0.161 e. The van der Waals surface area contributed by atoms with E-state index in [2.05, 4.69) is 21.2 Å². The third kappa shape index (κ3) is 4.71. The predicted octanol–water partition coefficient (Wildman–Crippen LogP) is 2.46. The van der Waals surface area contributed by atoms with Gasteiger partial charge in [-0.3, -0.25) is 9.48 Å². The molecule has 0 spiro atoms. The summed E-state index contributed by atoms with van der Waals surface area (Å²) in [5, 5.41) is 27.1. The molecule has 10 nitrogen and oxygen atoms in total. The summed E-state index contributed by atoms with van der Waals surface area (Å²) in [7, 11) is 1.87. The number of ether oxygens (including phenoxy) is 1. The van der Waals surface area contributed by atoms with Gasteiger partial charge in [-0.05, 0) is 31.0 Å². The Bertz CT molecular complexity index is 1410. The molecule has 0 saturated carbocycles. The molecular weight excluding hydrogens is 458 g/mol. The number of Topliss-reactive ketones (excluding diaryl/α,β-unsaturated/α-hetero) is 1. The number of nitriles is 1. The summed E-state index contributed by atoms with van der Waals surface area (Å²) >= 11 is 0. The number of anilines is 1. The summed E-state index contributed by atoms with van der Waals surface area (Å²) in [4.78, 5) is 19.2. The molecule has 4 aromatic rings. The first-order valence-electron chi connectivity index (χ1n) is 11.9. The highest BCUT2D eigenvalue weighted by Crippen LogP contribution is 2.32. The van der Waals surface area contributed by atoms with Crippen molar-refractivity contribution in [3.05, 3.63) is 54.7 Å². The first kappa shape index (κ1) is 23.7. The Morgan fingerprint density at radius 1 is 1.14 bits per heavy atom. The van der Waals surface area contributed by atoms with Crippen LogP contribution in [-0.4, -0.2) is 68.2 Å². The summed E-state index contributed by atoms with van der Waals surface area (Å²) < 4.78 is 8.67. The standard InChI is InChI=1S/C26H27N7O3/c1-31-15-22(14-29-31)20-10-23(26-21(11-27)13-30-33(26)16-20)19-2-3-25(28-12-19)32-6-4-18(5-7-32)24(35)17-36-9-8-34/h2-3,10,12-16,18,34H,4-9,17H2,1H3. The van der Waals surface area contributed by atoms with E-state index in [-0.39, 0.29) is 31.5 Å².